The Morgan fingerprint density at radius 1 is 1.61 bits per heavy atom. The van der Waals surface area contributed by atoms with Crippen molar-refractivity contribution in [2.75, 3.05) is 6.54 Å². The molecule has 1 aromatic carbocycles. The monoisotopic (exact) mass is 271 g/mol. The molecule has 1 N–H and O–H groups in total. The Hall–Kier alpha value is -1.13. The Bertz CT molecular complexity index is 466. The third-order valence-corrected chi connectivity index (χ3v) is 3.95. The normalized spacial score (nSPS) is 24.4. The number of carboxylic acids is 1. The summed E-state index contributed by atoms with van der Waals surface area (Å²) in [5.74, 6) is -1.44. The molecule has 5 heteroatoms. The van der Waals surface area contributed by atoms with Crippen LogP contribution in [0.15, 0.2) is 18.2 Å². The van der Waals surface area contributed by atoms with Gasteiger partial charge in [0.15, 0.2) is 0 Å². The van der Waals surface area contributed by atoms with Crippen LogP contribution in [0.2, 0.25) is 5.02 Å². The predicted molar refractivity (Wildman–Crippen MR) is 67.0 cm³/mol. The molecule has 1 aromatic rings. The molecule has 1 aliphatic heterocycles. The molecule has 1 saturated heterocycles. The van der Waals surface area contributed by atoms with E-state index >= 15 is 0 Å². The van der Waals surface area contributed by atoms with E-state index in [0.29, 0.717) is 30.1 Å². The minimum absolute atomic E-state index is 0.0539. The third-order valence-electron chi connectivity index (χ3n) is 3.58. The topological polar surface area (TPSA) is 40.5 Å². The van der Waals surface area contributed by atoms with Crippen molar-refractivity contribution in [3.63, 3.8) is 0 Å². The number of rotatable bonds is 3. The summed E-state index contributed by atoms with van der Waals surface area (Å²) < 4.78 is 13.2. The molecular weight excluding hydrogens is 257 g/mol. The van der Waals surface area contributed by atoms with Crippen LogP contribution in [0.25, 0.3) is 0 Å². The van der Waals surface area contributed by atoms with Gasteiger partial charge in [-0.3, -0.25) is 9.69 Å². The molecule has 0 radical (unpaired) electrons. The van der Waals surface area contributed by atoms with Gasteiger partial charge < -0.3 is 5.11 Å². The summed E-state index contributed by atoms with van der Waals surface area (Å²) in [6.45, 7) is 3.07. The Kier molecular flexibility index (Phi) is 3.88. The van der Waals surface area contributed by atoms with Gasteiger partial charge in [0.1, 0.15) is 5.82 Å². The molecule has 2 unspecified atom stereocenters. The lowest BCUT2D eigenvalue weighted by molar-refractivity contribution is -0.142. The van der Waals surface area contributed by atoms with E-state index in [1.165, 1.54) is 18.2 Å². The number of benzene rings is 1. The maximum atomic E-state index is 13.2. The molecule has 0 amide bonds. The van der Waals surface area contributed by atoms with Crippen LogP contribution in [-0.4, -0.2) is 28.6 Å². The van der Waals surface area contributed by atoms with E-state index in [9.17, 15) is 9.18 Å². The van der Waals surface area contributed by atoms with E-state index in [1.54, 1.807) is 0 Å². The predicted octanol–water partition coefficient (Wildman–Crippen LogP) is 2.77. The summed E-state index contributed by atoms with van der Waals surface area (Å²) in [4.78, 5) is 13.0. The van der Waals surface area contributed by atoms with Crippen molar-refractivity contribution in [3.05, 3.63) is 34.6 Å². The molecular formula is C13H15ClFNO2. The van der Waals surface area contributed by atoms with Crippen molar-refractivity contribution in [1.29, 1.82) is 0 Å². The minimum Gasteiger partial charge on any atom is -0.481 e. The summed E-state index contributed by atoms with van der Waals surface area (Å²) in [6, 6.07) is 4.20. The van der Waals surface area contributed by atoms with Gasteiger partial charge in [-0.2, -0.15) is 0 Å². The SMILES string of the molecule is CC1C(C(=O)O)CCN1Cc1cc(F)ccc1Cl. The number of aliphatic carboxylic acids is 1. The average molecular weight is 272 g/mol. The number of hydrogen-bond acceptors (Lipinski definition) is 2. The van der Waals surface area contributed by atoms with Gasteiger partial charge in [-0.25, -0.2) is 4.39 Å². The van der Waals surface area contributed by atoms with Crippen LogP contribution in [0.1, 0.15) is 18.9 Å². The first-order chi connectivity index (χ1) is 8.49. The molecule has 0 saturated carbocycles. The molecule has 18 heavy (non-hydrogen) atoms. The summed E-state index contributed by atoms with van der Waals surface area (Å²) >= 11 is 6.01. The fourth-order valence-corrected chi connectivity index (χ4v) is 2.62. The molecule has 1 heterocycles. The number of hydrogen-bond donors (Lipinski definition) is 1. The largest absolute Gasteiger partial charge is 0.481 e. The number of carboxylic acid groups (broad SMARTS) is 1. The fourth-order valence-electron chi connectivity index (χ4n) is 2.44. The van der Waals surface area contributed by atoms with Crippen molar-refractivity contribution in [3.8, 4) is 0 Å². The second-order valence-electron chi connectivity index (χ2n) is 4.68. The van der Waals surface area contributed by atoms with E-state index in [-0.39, 0.29) is 17.8 Å². The highest BCUT2D eigenvalue weighted by Crippen LogP contribution is 2.28. The Morgan fingerprint density at radius 3 is 2.94 bits per heavy atom. The van der Waals surface area contributed by atoms with Crippen molar-refractivity contribution >= 4 is 17.6 Å². The molecule has 1 fully saturated rings. The van der Waals surface area contributed by atoms with E-state index in [1.807, 2.05) is 11.8 Å². The van der Waals surface area contributed by atoms with Gasteiger partial charge in [-0.05, 0) is 43.7 Å². The molecule has 0 aliphatic carbocycles. The van der Waals surface area contributed by atoms with Crippen LogP contribution in [-0.2, 0) is 11.3 Å². The van der Waals surface area contributed by atoms with E-state index < -0.39 is 5.97 Å². The van der Waals surface area contributed by atoms with Crippen LogP contribution in [0.5, 0.6) is 0 Å². The van der Waals surface area contributed by atoms with Crippen molar-refractivity contribution < 1.29 is 14.3 Å². The van der Waals surface area contributed by atoms with Gasteiger partial charge in [0, 0.05) is 17.6 Å². The molecule has 2 atom stereocenters. The third kappa shape index (κ3) is 2.65. The Morgan fingerprint density at radius 2 is 2.33 bits per heavy atom. The first kappa shape index (κ1) is 13.3. The molecule has 98 valence electrons. The number of carbonyl (C=O) groups is 1. The zero-order chi connectivity index (χ0) is 13.3. The first-order valence-corrected chi connectivity index (χ1v) is 6.27. The molecule has 0 bridgehead atoms. The van der Waals surface area contributed by atoms with E-state index in [2.05, 4.69) is 0 Å². The second-order valence-corrected chi connectivity index (χ2v) is 5.09. The lowest BCUT2D eigenvalue weighted by Gasteiger charge is -2.23. The zero-order valence-corrected chi connectivity index (χ0v) is 10.8. The molecule has 1 aliphatic rings. The Labute approximate surface area is 110 Å². The van der Waals surface area contributed by atoms with Gasteiger partial charge in [0.05, 0.1) is 5.92 Å². The minimum atomic E-state index is -0.768. The van der Waals surface area contributed by atoms with Gasteiger partial charge in [-0.1, -0.05) is 11.6 Å². The average Bonchev–Trinajstić information content (AvgIpc) is 2.66. The van der Waals surface area contributed by atoms with Gasteiger partial charge in [0.25, 0.3) is 0 Å². The van der Waals surface area contributed by atoms with Gasteiger partial charge in [-0.15, -0.1) is 0 Å². The summed E-state index contributed by atoms with van der Waals surface area (Å²) in [6.07, 6.45) is 0.628. The summed E-state index contributed by atoms with van der Waals surface area (Å²) in [5, 5.41) is 9.57. The van der Waals surface area contributed by atoms with Crippen molar-refractivity contribution in [2.24, 2.45) is 5.92 Å². The second kappa shape index (κ2) is 5.24. The number of nitrogens with zero attached hydrogens (tertiary/aromatic N) is 1. The summed E-state index contributed by atoms with van der Waals surface area (Å²) in [5.41, 5.74) is 0.703. The van der Waals surface area contributed by atoms with Gasteiger partial charge >= 0.3 is 5.97 Å². The van der Waals surface area contributed by atoms with Crippen LogP contribution >= 0.6 is 11.6 Å². The smallest absolute Gasteiger partial charge is 0.308 e. The lowest BCUT2D eigenvalue weighted by Crippen LogP contribution is -2.32. The highest BCUT2D eigenvalue weighted by molar-refractivity contribution is 6.31. The maximum absolute atomic E-state index is 13.2. The van der Waals surface area contributed by atoms with Crippen molar-refractivity contribution in [1.82, 2.24) is 4.90 Å². The molecule has 2 rings (SSSR count). The number of likely N-dealkylation sites (tertiary alicyclic amines) is 1. The van der Waals surface area contributed by atoms with E-state index in [4.69, 9.17) is 16.7 Å². The standard InChI is InChI=1S/C13H15ClFNO2/c1-8-11(13(17)18)4-5-16(8)7-9-6-10(15)2-3-12(9)14/h2-3,6,8,11H,4-5,7H2,1H3,(H,17,18). The van der Waals surface area contributed by atoms with Crippen LogP contribution in [0.3, 0.4) is 0 Å². The fraction of sp³-hybridized carbons (Fsp3) is 0.462. The van der Waals surface area contributed by atoms with Crippen LogP contribution < -0.4 is 0 Å². The quantitative estimate of drug-likeness (QED) is 0.919. The highest BCUT2D eigenvalue weighted by Gasteiger charge is 2.35. The van der Waals surface area contributed by atoms with E-state index in [0.717, 1.165) is 0 Å². The van der Waals surface area contributed by atoms with Crippen LogP contribution in [0.4, 0.5) is 4.39 Å². The molecule has 0 spiro atoms. The summed E-state index contributed by atoms with van der Waals surface area (Å²) in [7, 11) is 0. The van der Waals surface area contributed by atoms with Crippen LogP contribution in [0, 0.1) is 11.7 Å². The Balaban J connectivity index is 2.11. The lowest BCUT2D eigenvalue weighted by atomic mass is 10.0. The maximum Gasteiger partial charge on any atom is 0.308 e. The number of halogens is 2. The van der Waals surface area contributed by atoms with Gasteiger partial charge in [0.2, 0.25) is 0 Å². The molecule has 0 aromatic heterocycles. The zero-order valence-electron chi connectivity index (χ0n) is 10.1. The molecule has 3 nitrogen and oxygen atoms in total. The highest BCUT2D eigenvalue weighted by atomic mass is 35.5. The first-order valence-electron chi connectivity index (χ1n) is 5.90. The van der Waals surface area contributed by atoms with Crippen molar-refractivity contribution in [2.45, 2.75) is 25.9 Å².